The molecule has 1 fully saturated rings. The van der Waals surface area contributed by atoms with Gasteiger partial charge >= 0.3 is 5.97 Å². The van der Waals surface area contributed by atoms with E-state index in [1.165, 1.54) is 18.4 Å². The van der Waals surface area contributed by atoms with Gasteiger partial charge in [-0.25, -0.2) is 4.79 Å². The first-order chi connectivity index (χ1) is 7.07. The Hall–Kier alpha value is -0.910. The Balaban J connectivity index is 2.29. The third-order valence-corrected chi connectivity index (χ3v) is 3.67. The number of aliphatic hydroxyl groups excluding tert-OH is 1. The predicted octanol–water partition coefficient (Wildman–Crippen LogP) is 0.843. The fraction of sp³-hybridized carbons (Fsp3) is 0.500. The molecule has 1 aliphatic carbocycles. The number of methoxy groups -OCH3 is 1. The molecule has 3 N–H and O–H groups in total. The molecule has 1 aliphatic rings. The zero-order valence-corrected chi connectivity index (χ0v) is 9.21. The van der Waals surface area contributed by atoms with Gasteiger partial charge in [-0.15, -0.1) is 11.3 Å². The van der Waals surface area contributed by atoms with Crippen LogP contribution in [0.3, 0.4) is 0 Å². The molecule has 2 rings (SSSR count). The van der Waals surface area contributed by atoms with E-state index >= 15 is 0 Å². The number of carbonyl (C=O) groups is 1. The minimum absolute atomic E-state index is 0.347. The van der Waals surface area contributed by atoms with Crippen LogP contribution >= 0.6 is 11.3 Å². The van der Waals surface area contributed by atoms with Gasteiger partial charge in [0.2, 0.25) is 0 Å². The zero-order valence-electron chi connectivity index (χ0n) is 8.40. The van der Waals surface area contributed by atoms with Gasteiger partial charge in [0.05, 0.1) is 13.2 Å². The van der Waals surface area contributed by atoms with Crippen LogP contribution in [0.5, 0.6) is 0 Å². The molecule has 0 radical (unpaired) electrons. The molecule has 15 heavy (non-hydrogen) atoms. The Morgan fingerprint density at radius 1 is 1.73 bits per heavy atom. The monoisotopic (exact) mass is 227 g/mol. The molecule has 0 atom stereocenters. The minimum Gasteiger partial charge on any atom is -0.465 e. The second kappa shape index (κ2) is 3.59. The van der Waals surface area contributed by atoms with Gasteiger partial charge in [-0.1, -0.05) is 0 Å². The number of esters is 1. The fourth-order valence-electron chi connectivity index (χ4n) is 1.95. The first-order valence-corrected chi connectivity index (χ1v) is 5.58. The van der Waals surface area contributed by atoms with E-state index in [0.29, 0.717) is 17.7 Å². The number of ether oxygens (including phenoxy) is 1. The molecule has 0 aromatic carbocycles. The van der Waals surface area contributed by atoms with Crippen molar-refractivity contribution < 1.29 is 14.6 Å². The van der Waals surface area contributed by atoms with Crippen molar-refractivity contribution in [1.29, 1.82) is 0 Å². The summed E-state index contributed by atoms with van der Waals surface area (Å²) in [6.07, 6.45) is 0.668. The third kappa shape index (κ3) is 1.67. The summed E-state index contributed by atoms with van der Waals surface area (Å²) in [5.41, 5.74) is 6.33. The van der Waals surface area contributed by atoms with E-state index in [1.54, 1.807) is 0 Å². The van der Waals surface area contributed by atoms with Crippen LogP contribution in [0.25, 0.3) is 0 Å². The highest BCUT2D eigenvalue weighted by Crippen LogP contribution is 2.42. The summed E-state index contributed by atoms with van der Waals surface area (Å²) in [5, 5.41) is 11.1. The summed E-state index contributed by atoms with van der Waals surface area (Å²) in [6, 6.07) is 1.84. The van der Waals surface area contributed by atoms with Crippen LogP contribution < -0.4 is 5.73 Å². The molecule has 1 heterocycles. The third-order valence-electron chi connectivity index (χ3n) is 2.77. The van der Waals surface area contributed by atoms with Crippen molar-refractivity contribution in [2.75, 3.05) is 7.11 Å². The molecule has 5 heteroatoms. The van der Waals surface area contributed by atoms with E-state index in [9.17, 15) is 9.90 Å². The number of aliphatic hydroxyl groups is 1. The van der Waals surface area contributed by atoms with Gasteiger partial charge in [-0.05, 0) is 29.9 Å². The number of carbonyl (C=O) groups excluding carboxylic acids is 1. The Kier molecular flexibility index (Phi) is 2.54. The molecule has 0 aliphatic heterocycles. The second-order valence-electron chi connectivity index (χ2n) is 3.87. The Morgan fingerprint density at radius 2 is 2.40 bits per heavy atom. The van der Waals surface area contributed by atoms with Crippen molar-refractivity contribution in [2.45, 2.75) is 24.5 Å². The van der Waals surface area contributed by atoms with Gasteiger partial charge in [0.25, 0.3) is 0 Å². The molecule has 0 spiro atoms. The number of hydrogen-bond donors (Lipinski definition) is 2. The number of rotatable bonds is 2. The van der Waals surface area contributed by atoms with E-state index in [2.05, 4.69) is 4.74 Å². The SMILES string of the molecule is COC(=O)c1sccc1C1(N)CC(O)C1. The molecule has 1 saturated carbocycles. The van der Waals surface area contributed by atoms with Crippen molar-refractivity contribution in [3.63, 3.8) is 0 Å². The number of hydrogen-bond acceptors (Lipinski definition) is 5. The summed E-state index contributed by atoms with van der Waals surface area (Å²) in [5.74, 6) is -0.355. The average Bonchev–Trinajstić information content (AvgIpc) is 2.63. The van der Waals surface area contributed by atoms with Gasteiger partial charge in [-0.3, -0.25) is 0 Å². The van der Waals surface area contributed by atoms with Crippen molar-refractivity contribution in [3.05, 3.63) is 21.9 Å². The van der Waals surface area contributed by atoms with Gasteiger partial charge < -0.3 is 15.6 Å². The summed E-state index contributed by atoms with van der Waals surface area (Å²) in [7, 11) is 1.35. The lowest BCUT2D eigenvalue weighted by Crippen LogP contribution is -2.52. The highest BCUT2D eigenvalue weighted by molar-refractivity contribution is 7.12. The zero-order chi connectivity index (χ0) is 11.1. The van der Waals surface area contributed by atoms with E-state index in [4.69, 9.17) is 5.73 Å². The Labute approximate surface area is 91.7 Å². The Morgan fingerprint density at radius 3 is 2.93 bits per heavy atom. The average molecular weight is 227 g/mol. The van der Waals surface area contributed by atoms with Crippen LogP contribution in [-0.2, 0) is 10.3 Å². The molecule has 0 bridgehead atoms. The van der Waals surface area contributed by atoms with E-state index < -0.39 is 5.54 Å². The summed E-state index contributed by atoms with van der Waals surface area (Å²) < 4.78 is 4.68. The van der Waals surface area contributed by atoms with Crippen LogP contribution in [0, 0.1) is 0 Å². The molecule has 4 nitrogen and oxygen atoms in total. The molecule has 0 amide bonds. The van der Waals surface area contributed by atoms with E-state index in [0.717, 1.165) is 5.56 Å². The molecule has 0 unspecified atom stereocenters. The van der Waals surface area contributed by atoms with Crippen molar-refractivity contribution in [3.8, 4) is 0 Å². The molecule has 0 saturated heterocycles. The smallest absolute Gasteiger partial charge is 0.348 e. The highest BCUT2D eigenvalue weighted by Gasteiger charge is 2.44. The van der Waals surface area contributed by atoms with Crippen molar-refractivity contribution in [2.24, 2.45) is 5.73 Å². The molecular formula is C10H13NO3S. The summed E-state index contributed by atoms with van der Waals surface area (Å²) in [4.78, 5) is 12.0. The fourth-order valence-corrected chi connectivity index (χ4v) is 2.87. The van der Waals surface area contributed by atoms with Crippen LogP contribution in [0.1, 0.15) is 28.1 Å². The van der Waals surface area contributed by atoms with Gasteiger partial charge in [0, 0.05) is 5.54 Å². The van der Waals surface area contributed by atoms with Gasteiger partial charge in [-0.2, -0.15) is 0 Å². The van der Waals surface area contributed by atoms with E-state index in [-0.39, 0.29) is 12.1 Å². The summed E-state index contributed by atoms with van der Waals surface area (Å²) in [6.45, 7) is 0. The van der Waals surface area contributed by atoms with Crippen molar-refractivity contribution >= 4 is 17.3 Å². The highest BCUT2D eigenvalue weighted by atomic mass is 32.1. The van der Waals surface area contributed by atoms with Crippen LogP contribution in [-0.4, -0.2) is 24.3 Å². The quantitative estimate of drug-likeness (QED) is 0.734. The maximum Gasteiger partial charge on any atom is 0.348 e. The predicted molar refractivity (Wildman–Crippen MR) is 56.8 cm³/mol. The van der Waals surface area contributed by atoms with Gasteiger partial charge in [0.1, 0.15) is 4.88 Å². The van der Waals surface area contributed by atoms with E-state index in [1.807, 2.05) is 11.4 Å². The van der Waals surface area contributed by atoms with Crippen LogP contribution in [0.15, 0.2) is 11.4 Å². The number of thiophene rings is 1. The lowest BCUT2D eigenvalue weighted by atomic mass is 9.71. The minimum atomic E-state index is -0.553. The standard InChI is InChI=1S/C10H13NO3S/c1-14-9(13)8-7(2-3-15-8)10(11)4-6(12)5-10/h2-3,6,12H,4-5,11H2,1H3. The maximum absolute atomic E-state index is 11.4. The normalized spacial score (nSPS) is 29.7. The topological polar surface area (TPSA) is 72.5 Å². The summed E-state index contributed by atoms with van der Waals surface area (Å²) >= 11 is 1.32. The van der Waals surface area contributed by atoms with Crippen LogP contribution in [0.2, 0.25) is 0 Å². The lowest BCUT2D eigenvalue weighted by Gasteiger charge is -2.42. The first kappa shape index (κ1) is 10.6. The van der Waals surface area contributed by atoms with Gasteiger partial charge in [0.15, 0.2) is 0 Å². The molecular weight excluding hydrogens is 214 g/mol. The maximum atomic E-state index is 11.4. The first-order valence-electron chi connectivity index (χ1n) is 4.70. The molecule has 1 aromatic heterocycles. The van der Waals surface area contributed by atoms with Crippen molar-refractivity contribution in [1.82, 2.24) is 0 Å². The lowest BCUT2D eigenvalue weighted by molar-refractivity contribution is 0.0199. The largest absolute Gasteiger partial charge is 0.465 e. The molecule has 1 aromatic rings. The Bertz CT molecular complexity index is 382. The molecule has 82 valence electrons. The number of nitrogens with two attached hydrogens (primary N) is 1. The second-order valence-corrected chi connectivity index (χ2v) is 4.79. The van der Waals surface area contributed by atoms with Crippen LogP contribution in [0.4, 0.5) is 0 Å².